The number of ether oxygens (including phenoxy) is 1. The summed E-state index contributed by atoms with van der Waals surface area (Å²) in [6.07, 6.45) is 1.86. The topological polar surface area (TPSA) is 84.5 Å². The lowest BCUT2D eigenvalue weighted by Crippen LogP contribution is -2.37. The smallest absolute Gasteiger partial charge is 0.261 e. The third-order valence-electron chi connectivity index (χ3n) is 5.32. The molecule has 33 heavy (non-hydrogen) atoms. The summed E-state index contributed by atoms with van der Waals surface area (Å²) in [5, 5.41) is 3.01. The lowest BCUT2D eigenvalue weighted by Gasteiger charge is -2.22. The van der Waals surface area contributed by atoms with Crippen molar-refractivity contribution in [3.8, 4) is 5.75 Å². The number of carbonyl (C=O) groups excluding carboxylic acids is 1. The standard InChI is InChI=1S/C25H26N2O4S2/c28-25(26-21-13-15-32-16-14-21)20-7-4-8-24(17-20)33(29,30)27-22-9-11-23(12-10-22)31-18-19-5-2-1-3-6-19/h1-12,17,21,27H,13-16,18H2,(H,26,28). The summed E-state index contributed by atoms with van der Waals surface area (Å²) >= 11 is 1.88. The molecule has 1 heterocycles. The van der Waals surface area contributed by atoms with Crippen molar-refractivity contribution in [1.82, 2.24) is 5.32 Å². The molecule has 1 saturated heterocycles. The maximum Gasteiger partial charge on any atom is 0.261 e. The largest absolute Gasteiger partial charge is 0.489 e. The molecule has 4 rings (SSSR count). The fourth-order valence-corrected chi connectivity index (χ4v) is 5.70. The van der Waals surface area contributed by atoms with Crippen LogP contribution in [0.15, 0.2) is 83.8 Å². The van der Waals surface area contributed by atoms with Crippen molar-refractivity contribution < 1.29 is 17.9 Å². The normalized spacial score (nSPS) is 14.4. The number of thioether (sulfide) groups is 1. The fourth-order valence-electron chi connectivity index (χ4n) is 3.49. The number of amides is 1. The van der Waals surface area contributed by atoms with E-state index in [4.69, 9.17) is 4.74 Å². The second kappa shape index (κ2) is 10.8. The van der Waals surface area contributed by atoms with Gasteiger partial charge in [-0.1, -0.05) is 36.4 Å². The Morgan fingerprint density at radius 2 is 1.67 bits per heavy atom. The minimum absolute atomic E-state index is 0.0405. The Labute approximate surface area is 198 Å². The number of hydrogen-bond donors (Lipinski definition) is 2. The van der Waals surface area contributed by atoms with Gasteiger partial charge in [0.05, 0.1) is 4.90 Å². The first-order chi connectivity index (χ1) is 16.0. The van der Waals surface area contributed by atoms with E-state index < -0.39 is 10.0 Å². The van der Waals surface area contributed by atoms with Crippen LogP contribution >= 0.6 is 11.8 Å². The second-order valence-corrected chi connectivity index (χ2v) is 10.7. The molecule has 1 aliphatic rings. The Morgan fingerprint density at radius 1 is 0.939 bits per heavy atom. The predicted octanol–water partition coefficient (Wildman–Crippen LogP) is 4.69. The van der Waals surface area contributed by atoms with Crippen LogP contribution in [-0.4, -0.2) is 31.9 Å². The van der Waals surface area contributed by atoms with Gasteiger partial charge < -0.3 is 10.1 Å². The summed E-state index contributed by atoms with van der Waals surface area (Å²) in [6.45, 7) is 0.431. The zero-order chi connectivity index (χ0) is 23.1. The fraction of sp³-hybridized carbons (Fsp3) is 0.240. The molecule has 0 unspecified atom stereocenters. The Balaban J connectivity index is 1.38. The van der Waals surface area contributed by atoms with Gasteiger partial charge in [-0.15, -0.1) is 0 Å². The molecule has 0 radical (unpaired) electrons. The number of nitrogens with one attached hydrogen (secondary N) is 2. The summed E-state index contributed by atoms with van der Waals surface area (Å²) in [5.41, 5.74) is 1.80. The Hall–Kier alpha value is -2.97. The van der Waals surface area contributed by atoms with E-state index in [0.29, 0.717) is 23.6 Å². The van der Waals surface area contributed by atoms with Crippen molar-refractivity contribution in [2.75, 3.05) is 16.2 Å². The van der Waals surface area contributed by atoms with Gasteiger partial charge in [-0.2, -0.15) is 11.8 Å². The molecule has 6 nitrogen and oxygen atoms in total. The Morgan fingerprint density at radius 3 is 2.39 bits per heavy atom. The molecule has 0 aromatic heterocycles. The number of anilines is 1. The number of sulfonamides is 1. The molecule has 0 atom stereocenters. The molecule has 0 bridgehead atoms. The summed E-state index contributed by atoms with van der Waals surface area (Å²) in [5.74, 6) is 2.45. The average molecular weight is 483 g/mol. The number of benzene rings is 3. The van der Waals surface area contributed by atoms with Gasteiger partial charge in [0.1, 0.15) is 12.4 Å². The quantitative estimate of drug-likeness (QED) is 0.487. The van der Waals surface area contributed by atoms with E-state index in [0.717, 1.165) is 29.9 Å². The van der Waals surface area contributed by atoms with E-state index in [9.17, 15) is 13.2 Å². The molecule has 3 aromatic rings. The van der Waals surface area contributed by atoms with E-state index in [1.807, 2.05) is 42.1 Å². The van der Waals surface area contributed by atoms with Crippen LogP contribution in [0.5, 0.6) is 5.75 Å². The van der Waals surface area contributed by atoms with Gasteiger partial charge in [0.25, 0.3) is 15.9 Å². The van der Waals surface area contributed by atoms with Crippen molar-refractivity contribution in [3.63, 3.8) is 0 Å². The van der Waals surface area contributed by atoms with E-state index in [1.54, 1.807) is 36.4 Å². The first-order valence-corrected chi connectivity index (χ1v) is 13.4. The lowest BCUT2D eigenvalue weighted by atomic mass is 10.1. The minimum Gasteiger partial charge on any atom is -0.489 e. The molecule has 0 saturated carbocycles. The van der Waals surface area contributed by atoms with Crippen LogP contribution in [-0.2, 0) is 16.6 Å². The molecule has 2 N–H and O–H groups in total. The lowest BCUT2D eigenvalue weighted by molar-refractivity contribution is 0.0934. The SMILES string of the molecule is O=C(NC1CCSCC1)c1cccc(S(=O)(=O)Nc2ccc(OCc3ccccc3)cc2)c1. The molecule has 0 aliphatic carbocycles. The minimum atomic E-state index is -3.84. The molecule has 1 aliphatic heterocycles. The Kier molecular flexibility index (Phi) is 7.57. The molecule has 0 spiro atoms. The first-order valence-electron chi connectivity index (χ1n) is 10.8. The summed E-state index contributed by atoms with van der Waals surface area (Å²) in [4.78, 5) is 12.6. The van der Waals surface area contributed by atoms with Crippen LogP contribution in [0.2, 0.25) is 0 Å². The zero-order valence-corrected chi connectivity index (χ0v) is 19.7. The molecule has 8 heteroatoms. The van der Waals surface area contributed by atoms with Gasteiger partial charge in [0, 0.05) is 17.3 Å². The van der Waals surface area contributed by atoms with Crippen molar-refractivity contribution >= 4 is 33.4 Å². The highest BCUT2D eigenvalue weighted by Gasteiger charge is 2.20. The van der Waals surface area contributed by atoms with E-state index >= 15 is 0 Å². The van der Waals surface area contributed by atoms with Gasteiger partial charge in [-0.3, -0.25) is 9.52 Å². The summed E-state index contributed by atoms with van der Waals surface area (Å²) in [6, 6.07) is 22.8. The molecule has 172 valence electrons. The van der Waals surface area contributed by atoms with Crippen molar-refractivity contribution in [2.24, 2.45) is 0 Å². The van der Waals surface area contributed by atoms with Crippen LogP contribution in [0.25, 0.3) is 0 Å². The molecule has 3 aromatic carbocycles. The maximum atomic E-state index is 12.9. The highest BCUT2D eigenvalue weighted by Crippen LogP contribution is 2.22. The highest BCUT2D eigenvalue weighted by atomic mass is 32.2. The summed E-state index contributed by atoms with van der Waals surface area (Å²) in [7, 11) is -3.84. The van der Waals surface area contributed by atoms with Crippen molar-refractivity contribution in [1.29, 1.82) is 0 Å². The third kappa shape index (κ3) is 6.52. The first kappa shape index (κ1) is 23.2. The number of rotatable bonds is 8. The van der Waals surface area contributed by atoms with E-state index in [-0.39, 0.29) is 16.8 Å². The predicted molar refractivity (Wildman–Crippen MR) is 132 cm³/mol. The highest BCUT2D eigenvalue weighted by molar-refractivity contribution is 7.99. The second-order valence-electron chi connectivity index (χ2n) is 7.79. The zero-order valence-electron chi connectivity index (χ0n) is 18.1. The molecule has 1 amide bonds. The monoisotopic (exact) mass is 482 g/mol. The van der Waals surface area contributed by atoms with Gasteiger partial charge in [0.15, 0.2) is 0 Å². The van der Waals surface area contributed by atoms with E-state index in [2.05, 4.69) is 10.0 Å². The van der Waals surface area contributed by atoms with Crippen molar-refractivity contribution in [3.05, 3.63) is 90.0 Å². The third-order valence-corrected chi connectivity index (χ3v) is 7.75. The summed E-state index contributed by atoms with van der Waals surface area (Å²) < 4.78 is 34.1. The average Bonchev–Trinajstić information content (AvgIpc) is 2.85. The van der Waals surface area contributed by atoms with Gasteiger partial charge >= 0.3 is 0 Å². The van der Waals surface area contributed by atoms with E-state index in [1.165, 1.54) is 12.1 Å². The number of carbonyl (C=O) groups is 1. The molecule has 1 fully saturated rings. The van der Waals surface area contributed by atoms with Crippen LogP contribution in [0.3, 0.4) is 0 Å². The number of hydrogen-bond acceptors (Lipinski definition) is 5. The van der Waals surface area contributed by atoms with Crippen LogP contribution in [0.1, 0.15) is 28.8 Å². The van der Waals surface area contributed by atoms with Crippen molar-refractivity contribution in [2.45, 2.75) is 30.4 Å². The van der Waals surface area contributed by atoms with Gasteiger partial charge in [0.2, 0.25) is 0 Å². The maximum absolute atomic E-state index is 12.9. The molecular formula is C25H26N2O4S2. The van der Waals surface area contributed by atoms with Gasteiger partial charge in [-0.25, -0.2) is 8.42 Å². The molecular weight excluding hydrogens is 456 g/mol. The van der Waals surface area contributed by atoms with Gasteiger partial charge in [-0.05, 0) is 72.4 Å². The van der Waals surface area contributed by atoms with Crippen LogP contribution in [0.4, 0.5) is 5.69 Å². The van der Waals surface area contributed by atoms with Crippen LogP contribution < -0.4 is 14.8 Å². The van der Waals surface area contributed by atoms with Crippen LogP contribution in [0, 0.1) is 0 Å². The Bertz CT molecular complexity index is 1180.